The van der Waals surface area contributed by atoms with E-state index in [1.807, 2.05) is 12.1 Å². The number of nitrogens with two attached hydrogens (primary N) is 1. The highest BCUT2D eigenvalue weighted by molar-refractivity contribution is 6.32. The van der Waals surface area contributed by atoms with Gasteiger partial charge in [0.05, 0.1) is 10.8 Å². The maximum absolute atomic E-state index is 12.4. The Bertz CT molecular complexity index is 933. The van der Waals surface area contributed by atoms with Crippen molar-refractivity contribution in [3.63, 3.8) is 0 Å². The molecular formula is C20H21ClN4O4. The van der Waals surface area contributed by atoms with Crippen LogP contribution in [0.4, 0.5) is 11.4 Å². The molecule has 1 aliphatic rings. The van der Waals surface area contributed by atoms with Crippen molar-refractivity contribution >= 4 is 34.8 Å². The van der Waals surface area contributed by atoms with Crippen LogP contribution >= 0.6 is 11.6 Å². The van der Waals surface area contributed by atoms with Crippen LogP contribution in [0, 0.1) is 16.0 Å². The number of halogens is 1. The van der Waals surface area contributed by atoms with Crippen molar-refractivity contribution in [3.05, 3.63) is 68.7 Å². The first kappa shape index (κ1) is 20.8. The molecule has 2 aromatic carbocycles. The summed E-state index contributed by atoms with van der Waals surface area (Å²) in [7, 11) is 0. The van der Waals surface area contributed by atoms with Crippen LogP contribution in [0.5, 0.6) is 0 Å². The van der Waals surface area contributed by atoms with Crippen LogP contribution in [-0.2, 0) is 11.3 Å². The van der Waals surface area contributed by atoms with Gasteiger partial charge in [-0.15, -0.1) is 0 Å². The predicted octanol–water partition coefficient (Wildman–Crippen LogP) is 3.20. The smallest absolute Gasteiger partial charge is 0.288 e. The highest BCUT2D eigenvalue weighted by Gasteiger charge is 2.23. The van der Waals surface area contributed by atoms with Gasteiger partial charge in [-0.3, -0.25) is 24.6 Å². The summed E-state index contributed by atoms with van der Waals surface area (Å²) < 4.78 is 0. The third kappa shape index (κ3) is 5.30. The average molecular weight is 417 g/mol. The summed E-state index contributed by atoms with van der Waals surface area (Å²) in [5.41, 5.74) is 6.88. The number of nitrogens with one attached hydrogen (secondary N) is 1. The fraction of sp³-hybridized carbons (Fsp3) is 0.300. The predicted molar refractivity (Wildman–Crippen MR) is 110 cm³/mol. The molecule has 0 aromatic heterocycles. The summed E-state index contributed by atoms with van der Waals surface area (Å²) in [6.45, 7) is 2.27. The number of carbonyl (C=O) groups is 2. The van der Waals surface area contributed by atoms with Crippen molar-refractivity contribution in [2.75, 3.05) is 18.4 Å². The quantitative estimate of drug-likeness (QED) is 0.553. The number of rotatable bonds is 6. The molecule has 0 aliphatic carbocycles. The molecule has 0 saturated carbocycles. The van der Waals surface area contributed by atoms with Gasteiger partial charge in [0.25, 0.3) is 11.6 Å². The summed E-state index contributed by atoms with van der Waals surface area (Å²) in [4.78, 5) is 36.3. The highest BCUT2D eigenvalue weighted by Crippen LogP contribution is 2.25. The minimum atomic E-state index is -0.628. The molecular weight excluding hydrogens is 396 g/mol. The lowest BCUT2D eigenvalue weighted by Gasteiger charge is -2.31. The van der Waals surface area contributed by atoms with E-state index < -0.39 is 10.8 Å². The molecule has 8 nitrogen and oxygen atoms in total. The van der Waals surface area contributed by atoms with Crippen molar-refractivity contribution in [3.8, 4) is 0 Å². The molecule has 3 N–H and O–H groups in total. The number of piperidine rings is 1. The minimum absolute atomic E-state index is 0.0211. The number of likely N-dealkylation sites (tertiary alicyclic amines) is 1. The Morgan fingerprint density at radius 2 is 1.97 bits per heavy atom. The van der Waals surface area contributed by atoms with Gasteiger partial charge < -0.3 is 11.1 Å². The molecule has 3 rings (SSSR count). The van der Waals surface area contributed by atoms with Crippen LogP contribution in [-0.4, -0.2) is 34.7 Å². The third-order valence-electron chi connectivity index (χ3n) is 4.93. The molecule has 2 aromatic rings. The van der Waals surface area contributed by atoms with E-state index in [0.717, 1.165) is 31.0 Å². The largest absolute Gasteiger partial charge is 0.369 e. The van der Waals surface area contributed by atoms with Gasteiger partial charge in [0.15, 0.2) is 0 Å². The Labute approximate surface area is 172 Å². The zero-order valence-corrected chi connectivity index (χ0v) is 16.4. The van der Waals surface area contributed by atoms with E-state index >= 15 is 0 Å². The van der Waals surface area contributed by atoms with Crippen LogP contribution in [0.3, 0.4) is 0 Å². The first-order valence-corrected chi connectivity index (χ1v) is 9.57. The van der Waals surface area contributed by atoms with Crippen molar-refractivity contribution < 1.29 is 14.5 Å². The molecule has 0 spiro atoms. The number of hydrogen-bond donors (Lipinski definition) is 2. The van der Waals surface area contributed by atoms with Crippen LogP contribution in [0.1, 0.15) is 28.8 Å². The highest BCUT2D eigenvalue weighted by atomic mass is 35.5. The molecule has 1 aliphatic heterocycles. The lowest BCUT2D eigenvalue weighted by Crippen LogP contribution is -2.40. The first-order chi connectivity index (χ1) is 13.8. The molecule has 29 heavy (non-hydrogen) atoms. The number of nitrogens with zero attached hydrogens (tertiary/aromatic N) is 2. The molecule has 2 amide bonds. The molecule has 1 saturated heterocycles. The molecule has 1 atom stereocenters. The van der Waals surface area contributed by atoms with Crippen LogP contribution in [0.15, 0.2) is 42.5 Å². The van der Waals surface area contributed by atoms with E-state index in [1.54, 1.807) is 12.1 Å². The maximum atomic E-state index is 12.4. The first-order valence-electron chi connectivity index (χ1n) is 9.19. The maximum Gasteiger partial charge on any atom is 0.288 e. The summed E-state index contributed by atoms with van der Waals surface area (Å²) >= 11 is 5.78. The Kier molecular flexibility index (Phi) is 6.46. The van der Waals surface area contributed by atoms with Crippen LogP contribution < -0.4 is 11.1 Å². The fourth-order valence-corrected chi connectivity index (χ4v) is 3.57. The molecule has 0 radical (unpaired) electrons. The second-order valence-electron chi connectivity index (χ2n) is 7.05. The lowest BCUT2D eigenvalue weighted by molar-refractivity contribution is -0.384. The normalized spacial score (nSPS) is 16.9. The van der Waals surface area contributed by atoms with E-state index in [-0.39, 0.29) is 28.1 Å². The summed E-state index contributed by atoms with van der Waals surface area (Å²) in [5, 5.41) is 13.7. The number of carbonyl (C=O) groups excluding carboxylic acids is 2. The number of nitro benzene ring substituents is 1. The summed E-state index contributed by atoms with van der Waals surface area (Å²) in [6.07, 6.45) is 1.77. The van der Waals surface area contributed by atoms with Crippen LogP contribution in [0.25, 0.3) is 0 Å². The number of anilines is 1. The van der Waals surface area contributed by atoms with Gasteiger partial charge in [0, 0.05) is 30.4 Å². The van der Waals surface area contributed by atoms with Gasteiger partial charge in [-0.25, -0.2) is 0 Å². The van der Waals surface area contributed by atoms with Gasteiger partial charge in [-0.2, -0.15) is 0 Å². The number of benzene rings is 2. The molecule has 1 unspecified atom stereocenters. The lowest BCUT2D eigenvalue weighted by atomic mass is 9.97. The van der Waals surface area contributed by atoms with Gasteiger partial charge in [0.1, 0.15) is 5.02 Å². The Balaban J connectivity index is 1.62. The molecule has 0 bridgehead atoms. The van der Waals surface area contributed by atoms with Gasteiger partial charge in [-0.1, -0.05) is 23.7 Å². The fourth-order valence-electron chi connectivity index (χ4n) is 3.38. The monoisotopic (exact) mass is 416 g/mol. The molecule has 152 valence electrons. The zero-order chi connectivity index (χ0) is 21.0. The number of amides is 2. The van der Waals surface area contributed by atoms with E-state index in [1.165, 1.54) is 12.1 Å². The van der Waals surface area contributed by atoms with E-state index in [9.17, 15) is 19.7 Å². The SMILES string of the molecule is NC(=O)C1CCCN(Cc2ccc(NC(=O)c3ccc(Cl)c([N+](=O)[O-])c3)cc2)C1. The van der Waals surface area contributed by atoms with Gasteiger partial charge in [-0.05, 0) is 49.2 Å². The van der Waals surface area contributed by atoms with Crippen molar-refractivity contribution in [2.24, 2.45) is 11.7 Å². The standard InChI is InChI=1S/C20H21ClN4O4/c21-17-8-5-14(10-18(17)25(28)29)20(27)23-16-6-3-13(4-7-16)11-24-9-1-2-15(12-24)19(22)26/h3-8,10,15H,1-2,9,11-12H2,(H2,22,26)(H,23,27). The van der Waals surface area contributed by atoms with Gasteiger partial charge in [0.2, 0.25) is 5.91 Å². The van der Waals surface area contributed by atoms with Crippen molar-refractivity contribution in [1.29, 1.82) is 0 Å². The van der Waals surface area contributed by atoms with Crippen molar-refractivity contribution in [2.45, 2.75) is 19.4 Å². The Morgan fingerprint density at radius 1 is 1.24 bits per heavy atom. The molecule has 9 heteroatoms. The van der Waals surface area contributed by atoms with E-state index in [0.29, 0.717) is 18.8 Å². The topological polar surface area (TPSA) is 119 Å². The second-order valence-corrected chi connectivity index (χ2v) is 7.46. The third-order valence-corrected chi connectivity index (χ3v) is 5.25. The molecule has 1 heterocycles. The number of nitro groups is 1. The zero-order valence-electron chi connectivity index (χ0n) is 15.6. The average Bonchev–Trinajstić information content (AvgIpc) is 2.69. The second kappa shape index (κ2) is 9.02. The van der Waals surface area contributed by atoms with Crippen LogP contribution in [0.2, 0.25) is 5.02 Å². The number of primary amides is 1. The number of hydrogen-bond acceptors (Lipinski definition) is 5. The summed E-state index contributed by atoms with van der Waals surface area (Å²) in [5.74, 6) is -0.821. The Morgan fingerprint density at radius 3 is 2.62 bits per heavy atom. The van der Waals surface area contributed by atoms with Crippen molar-refractivity contribution in [1.82, 2.24) is 4.90 Å². The molecule has 1 fully saturated rings. The van der Waals surface area contributed by atoms with E-state index in [2.05, 4.69) is 10.2 Å². The minimum Gasteiger partial charge on any atom is -0.369 e. The summed E-state index contributed by atoms with van der Waals surface area (Å²) in [6, 6.07) is 11.2. The van der Waals surface area contributed by atoms with E-state index in [4.69, 9.17) is 17.3 Å². The van der Waals surface area contributed by atoms with Gasteiger partial charge >= 0.3 is 0 Å². The Hall–Kier alpha value is -2.97.